The highest BCUT2D eigenvalue weighted by Crippen LogP contribution is 2.22. The molecule has 2 amide bonds. The Morgan fingerprint density at radius 3 is 2.48 bits per heavy atom. The zero-order valence-electron chi connectivity index (χ0n) is 13.0. The molecule has 0 spiro atoms. The van der Waals surface area contributed by atoms with Gasteiger partial charge in [0.05, 0.1) is 0 Å². The highest BCUT2D eigenvalue weighted by atomic mass is 16.2. The molecule has 0 aliphatic carbocycles. The average molecular weight is 288 g/mol. The molecule has 1 fully saturated rings. The van der Waals surface area contributed by atoms with Gasteiger partial charge < -0.3 is 10.2 Å². The lowest BCUT2D eigenvalue weighted by Crippen LogP contribution is -2.58. The number of piperazine rings is 1. The summed E-state index contributed by atoms with van der Waals surface area (Å²) in [5.74, 6) is 0.531. The molecule has 21 heavy (non-hydrogen) atoms. The van der Waals surface area contributed by atoms with Crippen molar-refractivity contribution in [3.8, 4) is 0 Å². The maximum absolute atomic E-state index is 12.7. The first-order chi connectivity index (χ1) is 10.0. The number of carbonyl (C=O) groups is 2. The molecule has 1 aromatic carbocycles. The summed E-state index contributed by atoms with van der Waals surface area (Å²) < 4.78 is 0. The van der Waals surface area contributed by atoms with Crippen molar-refractivity contribution in [2.24, 2.45) is 5.92 Å². The van der Waals surface area contributed by atoms with E-state index in [0.29, 0.717) is 12.5 Å². The summed E-state index contributed by atoms with van der Waals surface area (Å²) >= 11 is 0. The minimum Gasteiger partial charge on any atom is -0.339 e. The van der Waals surface area contributed by atoms with E-state index in [0.717, 1.165) is 18.4 Å². The second-order valence-electron chi connectivity index (χ2n) is 6.10. The first-order valence-electron chi connectivity index (χ1n) is 7.66. The van der Waals surface area contributed by atoms with Gasteiger partial charge in [-0.25, -0.2) is 0 Å². The van der Waals surface area contributed by atoms with Crippen molar-refractivity contribution in [3.05, 3.63) is 35.9 Å². The third-order valence-electron chi connectivity index (χ3n) is 3.98. The van der Waals surface area contributed by atoms with Crippen molar-refractivity contribution in [1.29, 1.82) is 0 Å². The van der Waals surface area contributed by atoms with Gasteiger partial charge in [-0.05, 0) is 31.2 Å². The summed E-state index contributed by atoms with van der Waals surface area (Å²) in [6, 6.07) is 8.50. The van der Waals surface area contributed by atoms with Gasteiger partial charge in [0.25, 0.3) is 0 Å². The van der Waals surface area contributed by atoms with E-state index in [-0.39, 0.29) is 17.9 Å². The molecule has 2 atom stereocenters. The van der Waals surface area contributed by atoms with E-state index >= 15 is 0 Å². The SMILES string of the molecule is CC(C)CCCN1C(=O)C(c2ccccc2)NC(=O)C1C. The lowest BCUT2D eigenvalue weighted by molar-refractivity contribution is -0.148. The molecule has 1 aromatic rings. The average Bonchev–Trinajstić information content (AvgIpc) is 2.47. The molecule has 4 nitrogen and oxygen atoms in total. The topological polar surface area (TPSA) is 49.4 Å². The van der Waals surface area contributed by atoms with Crippen LogP contribution in [0.1, 0.15) is 45.2 Å². The molecule has 114 valence electrons. The van der Waals surface area contributed by atoms with Gasteiger partial charge in [-0.2, -0.15) is 0 Å². The van der Waals surface area contributed by atoms with E-state index in [1.165, 1.54) is 0 Å². The molecule has 0 bridgehead atoms. The fourth-order valence-corrected chi connectivity index (χ4v) is 2.67. The van der Waals surface area contributed by atoms with Gasteiger partial charge in [-0.15, -0.1) is 0 Å². The van der Waals surface area contributed by atoms with Crippen LogP contribution in [-0.4, -0.2) is 29.3 Å². The summed E-state index contributed by atoms with van der Waals surface area (Å²) in [6.45, 7) is 6.78. The van der Waals surface area contributed by atoms with Gasteiger partial charge in [0.15, 0.2) is 0 Å². The summed E-state index contributed by atoms with van der Waals surface area (Å²) in [5, 5.41) is 2.83. The van der Waals surface area contributed by atoms with Gasteiger partial charge in [-0.3, -0.25) is 9.59 Å². The minimum absolute atomic E-state index is 0.00273. The fourth-order valence-electron chi connectivity index (χ4n) is 2.67. The molecule has 1 saturated heterocycles. The highest BCUT2D eigenvalue weighted by molar-refractivity contribution is 5.97. The minimum atomic E-state index is -0.547. The van der Waals surface area contributed by atoms with Crippen molar-refractivity contribution in [3.63, 3.8) is 0 Å². The summed E-state index contributed by atoms with van der Waals surface area (Å²) in [7, 11) is 0. The number of nitrogens with zero attached hydrogens (tertiary/aromatic N) is 1. The van der Waals surface area contributed by atoms with Crippen molar-refractivity contribution in [2.75, 3.05) is 6.54 Å². The maximum atomic E-state index is 12.7. The van der Waals surface area contributed by atoms with E-state index in [1.807, 2.05) is 30.3 Å². The normalized spacial score (nSPS) is 22.6. The first-order valence-corrected chi connectivity index (χ1v) is 7.66. The molecule has 1 aliphatic rings. The number of amides is 2. The molecule has 0 aromatic heterocycles. The van der Waals surface area contributed by atoms with Gasteiger partial charge in [0, 0.05) is 6.54 Å². The summed E-state index contributed by atoms with van der Waals surface area (Å²) in [4.78, 5) is 26.5. The predicted octanol–water partition coefficient (Wildman–Crippen LogP) is 2.51. The van der Waals surface area contributed by atoms with Crippen LogP contribution >= 0.6 is 0 Å². The Morgan fingerprint density at radius 2 is 1.86 bits per heavy atom. The number of benzene rings is 1. The second kappa shape index (κ2) is 6.74. The molecular formula is C17H24N2O2. The molecule has 0 radical (unpaired) electrons. The lowest BCUT2D eigenvalue weighted by Gasteiger charge is -2.37. The van der Waals surface area contributed by atoms with Crippen LogP contribution in [0, 0.1) is 5.92 Å². The Bertz CT molecular complexity index is 499. The zero-order chi connectivity index (χ0) is 15.4. The van der Waals surface area contributed by atoms with Gasteiger partial charge in [0.1, 0.15) is 12.1 Å². The van der Waals surface area contributed by atoms with Crippen molar-refractivity contribution >= 4 is 11.8 Å². The molecule has 2 unspecified atom stereocenters. The highest BCUT2D eigenvalue weighted by Gasteiger charge is 2.38. The van der Waals surface area contributed by atoms with E-state index in [4.69, 9.17) is 0 Å². The van der Waals surface area contributed by atoms with E-state index in [9.17, 15) is 9.59 Å². The van der Waals surface area contributed by atoms with Crippen LogP contribution in [0.5, 0.6) is 0 Å². The molecule has 1 N–H and O–H groups in total. The van der Waals surface area contributed by atoms with Crippen LogP contribution < -0.4 is 5.32 Å². The predicted molar refractivity (Wildman–Crippen MR) is 82.6 cm³/mol. The molecule has 0 saturated carbocycles. The number of nitrogens with one attached hydrogen (secondary N) is 1. The zero-order valence-corrected chi connectivity index (χ0v) is 13.0. The van der Waals surface area contributed by atoms with Crippen LogP contribution in [0.3, 0.4) is 0 Å². The number of hydrogen-bond donors (Lipinski definition) is 1. The van der Waals surface area contributed by atoms with Gasteiger partial charge in [-0.1, -0.05) is 44.2 Å². The molecular weight excluding hydrogens is 264 g/mol. The Kier molecular flexibility index (Phi) is 4.99. The maximum Gasteiger partial charge on any atom is 0.250 e. The number of rotatable bonds is 5. The molecule has 1 heterocycles. The number of hydrogen-bond acceptors (Lipinski definition) is 2. The lowest BCUT2D eigenvalue weighted by atomic mass is 10.00. The van der Waals surface area contributed by atoms with Gasteiger partial charge >= 0.3 is 0 Å². The van der Waals surface area contributed by atoms with E-state index in [2.05, 4.69) is 19.2 Å². The first kappa shape index (κ1) is 15.5. The number of carbonyl (C=O) groups excluding carboxylic acids is 2. The quantitative estimate of drug-likeness (QED) is 0.905. The third-order valence-corrected chi connectivity index (χ3v) is 3.98. The summed E-state index contributed by atoms with van der Waals surface area (Å²) in [6.07, 6.45) is 2.00. The van der Waals surface area contributed by atoms with Crippen molar-refractivity contribution in [1.82, 2.24) is 10.2 Å². The largest absolute Gasteiger partial charge is 0.339 e. The van der Waals surface area contributed by atoms with Crippen molar-refractivity contribution in [2.45, 2.75) is 45.7 Å². The Labute approximate surface area is 126 Å². The summed E-state index contributed by atoms with van der Waals surface area (Å²) in [5.41, 5.74) is 0.844. The Balaban J connectivity index is 2.12. The van der Waals surface area contributed by atoms with E-state index < -0.39 is 6.04 Å². The van der Waals surface area contributed by atoms with Gasteiger partial charge in [0.2, 0.25) is 11.8 Å². The van der Waals surface area contributed by atoms with Crippen LogP contribution in [-0.2, 0) is 9.59 Å². The Morgan fingerprint density at radius 1 is 1.19 bits per heavy atom. The smallest absolute Gasteiger partial charge is 0.250 e. The van der Waals surface area contributed by atoms with Crippen LogP contribution in [0.25, 0.3) is 0 Å². The van der Waals surface area contributed by atoms with E-state index in [1.54, 1.807) is 11.8 Å². The third kappa shape index (κ3) is 3.63. The molecule has 4 heteroatoms. The standard InChI is InChI=1S/C17H24N2O2/c1-12(2)8-7-11-19-13(3)16(20)18-15(17(19)21)14-9-5-4-6-10-14/h4-6,9-10,12-13,15H,7-8,11H2,1-3H3,(H,18,20). The fraction of sp³-hybridized carbons (Fsp3) is 0.529. The van der Waals surface area contributed by atoms with Crippen LogP contribution in [0.4, 0.5) is 0 Å². The van der Waals surface area contributed by atoms with Crippen LogP contribution in [0.15, 0.2) is 30.3 Å². The second-order valence-corrected chi connectivity index (χ2v) is 6.10. The van der Waals surface area contributed by atoms with Crippen LogP contribution in [0.2, 0.25) is 0 Å². The Hall–Kier alpha value is -1.84. The monoisotopic (exact) mass is 288 g/mol. The molecule has 2 rings (SSSR count). The molecule has 1 aliphatic heterocycles. The van der Waals surface area contributed by atoms with Crippen molar-refractivity contribution < 1.29 is 9.59 Å².